The Labute approximate surface area is 137 Å². The zero-order valence-corrected chi connectivity index (χ0v) is 14.6. The van der Waals surface area contributed by atoms with E-state index in [9.17, 15) is 34.8 Å². The van der Waals surface area contributed by atoms with Gasteiger partial charge in [0, 0.05) is 19.5 Å². The number of ether oxygens (including phenoxy) is 1. The zero-order valence-electron chi connectivity index (χ0n) is 13.0. The van der Waals surface area contributed by atoms with Crippen LogP contribution in [0.15, 0.2) is 11.8 Å². The first-order chi connectivity index (χ1) is 10.7. The van der Waals surface area contributed by atoms with Crippen LogP contribution in [0.25, 0.3) is 0 Å². The molecule has 0 aromatic rings. The third-order valence-corrected chi connectivity index (χ3v) is 6.76. The van der Waals surface area contributed by atoms with E-state index in [1.54, 1.807) is 0 Å². The van der Waals surface area contributed by atoms with Gasteiger partial charge in [0.1, 0.15) is 5.76 Å². The Balaban J connectivity index is 2.95. The van der Waals surface area contributed by atoms with Crippen LogP contribution in [0.2, 0.25) is 0 Å². The fourth-order valence-electron chi connectivity index (χ4n) is 1.79. The number of carbonyl (C=O) groups is 1. The van der Waals surface area contributed by atoms with Crippen LogP contribution in [0.4, 0.5) is 13.2 Å². The maximum Gasteiger partial charge on any atom is 0.534 e. The number of carbonyl (C=O) groups excluding carboxylic acids is 1. The van der Waals surface area contributed by atoms with Gasteiger partial charge in [-0.25, -0.2) is 8.42 Å². The van der Waals surface area contributed by atoms with Gasteiger partial charge in [0.05, 0.1) is 7.11 Å². The van der Waals surface area contributed by atoms with Crippen molar-refractivity contribution in [3.8, 4) is 0 Å². The summed E-state index contributed by atoms with van der Waals surface area (Å²) in [5, 5.41) is 0. The van der Waals surface area contributed by atoms with Crippen LogP contribution in [0.5, 0.6) is 0 Å². The molecule has 140 valence electrons. The molecule has 0 aromatic carbocycles. The molecule has 0 aliphatic carbocycles. The molecule has 24 heavy (non-hydrogen) atoms. The van der Waals surface area contributed by atoms with E-state index in [1.165, 1.54) is 0 Å². The fourth-order valence-corrected chi connectivity index (χ4v) is 3.86. The number of hydrogen-bond acceptors (Lipinski definition) is 7. The largest absolute Gasteiger partial charge is 0.534 e. The van der Waals surface area contributed by atoms with Gasteiger partial charge in [-0.3, -0.25) is 4.79 Å². The lowest BCUT2D eigenvalue weighted by molar-refractivity contribution is -0.142. The Kier molecular flexibility index (Phi) is 5.62. The molecule has 0 fully saturated rings. The molecule has 0 spiro atoms. The fraction of sp³-hybridized carbons (Fsp3) is 0.727. The average Bonchev–Trinajstić information content (AvgIpc) is 2.45. The van der Waals surface area contributed by atoms with Gasteiger partial charge in [0.25, 0.3) is 0 Å². The normalized spacial score (nSPS) is 18.0. The predicted octanol–water partition coefficient (Wildman–Crippen LogP) is 0.724. The number of esters is 1. The van der Waals surface area contributed by atoms with Crippen molar-refractivity contribution in [1.82, 2.24) is 4.31 Å². The van der Waals surface area contributed by atoms with Crippen molar-refractivity contribution >= 4 is 26.1 Å². The Morgan fingerprint density at radius 3 is 2.12 bits per heavy atom. The van der Waals surface area contributed by atoms with Gasteiger partial charge in [-0.1, -0.05) is 0 Å². The highest BCUT2D eigenvalue weighted by atomic mass is 32.2. The van der Waals surface area contributed by atoms with Gasteiger partial charge in [-0.05, 0) is 19.9 Å². The summed E-state index contributed by atoms with van der Waals surface area (Å²) in [6, 6.07) is 0. The Hall–Kier alpha value is -1.34. The second-order valence-corrected chi connectivity index (χ2v) is 9.29. The number of halogens is 3. The van der Waals surface area contributed by atoms with Crippen LogP contribution >= 0.6 is 0 Å². The van der Waals surface area contributed by atoms with E-state index < -0.39 is 55.1 Å². The van der Waals surface area contributed by atoms with Gasteiger partial charge >= 0.3 is 21.6 Å². The Bertz CT molecular complexity index is 738. The minimum atomic E-state index is -5.81. The number of rotatable bonds is 5. The monoisotopic (exact) mass is 395 g/mol. The van der Waals surface area contributed by atoms with Crippen molar-refractivity contribution in [2.75, 3.05) is 20.2 Å². The molecule has 1 aliphatic heterocycles. The summed E-state index contributed by atoms with van der Waals surface area (Å²) >= 11 is 0. The van der Waals surface area contributed by atoms with Crippen molar-refractivity contribution < 1.29 is 43.7 Å². The molecule has 0 saturated carbocycles. The molecule has 0 N–H and O–H groups in total. The maximum atomic E-state index is 12.4. The number of nitrogens with zero attached hydrogens (tertiary/aromatic N) is 1. The molecule has 13 heteroatoms. The lowest BCUT2D eigenvalue weighted by Crippen LogP contribution is -2.51. The van der Waals surface area contributed by atoms with Crippen LogP contribution in [0.1, 0.15) is 20.3 Å². The molecular formula is C11H16F3NO7S2. The van der Waals surface area contributed by atoms with Crippen LogP contribution < -0.4 is 0 Å². The van der Waals surface area contributed by atoms with E-state index in [0.29, 0.717) is 0 Å². The summed E-state index contributed by atoms with van der Waals surface area (Å²) < 4.78 is 90.7. The predicted molar refractivity (Wildman–Crippen MR) is 75.3 cm³/mol. The third kappa shape index (κ3) is 3.83. The minimum Gasteiger partial charge on any atom is -0.468 e. The van der Waals surface area contributed by atoms with Gasteiger partial charge in [-0.2, -0.15) is 25.9 Å². The van der Waals surface area contributed by atoms with E-state index in [-0.39, 0.29) is 6.54 Å². The summed E-state index contributed by atoms with van der Waals surface area (Å²) in [7, 11) is -8.97. The van der Waals surface area contributed by atoms with E-state index in [2.05, 4.69) is 8.92 Å². The highest BCUT2D eigenvalue weighted by Crippen LogP contribution is 2.30. The van der Waals surface area contributed by atoms with E-state index in [0.717, 1.165) is 31.3 Å². The smallest absolute Gasteiger partial charge is 0.468 e. The standard InChI is InChI=1S/C11H16F3NO7S2/c1-10(2,9(16)21-3)23(17,18)15-6-4-8(5-7-15)22-24(19,20)11(12,13)14/h4H,5-7H2,1-3H3. The zero-order chi connectivity index (χ0) is 19.0. The van der Waals surface area contributed by atoms with E-state index >= 15 is 0 Å². The number of methoxy groups -OCH3 is 1. The first-order valence-electron chi connectivity index (χ1n) is 6.44. The first-order valence-corrected chi connectivity index (χ1v) is 9.29. The molecule has 0 amide bonds. The Morgan fingerprint density at radius 1 is 1.21 bits per heavy atom. The van der Waals surface area contributed by atoms with Crippen molar-refractivity contribution in [1.29, 1.82) is 0 Å². The summed E-state index contributed by atoms with van der Waals surface area (Å²) in [4.78, 5) is 11.6. The molecule has 1 heterocycles. The van der Waals surface area contributed by atoms with Crippen LogP contribution in [-0.4, -0.2) is 57.6 Å². The molecule has 0 saturated heterocycles. The topological polar surface area (TPSA) is 107 Å². The number of hydrogen-bond donors (Lipinski definition) is 0. The van der Waals surface area contributed by atoms with Crippen molar-refractivity contribution in [3.05, 3.63) is 11.8 Å². The maximum absolute atomic E-state index is 12.4. The summed E-state index contributed by atoms with van der Waals surface area (Å²) in [5.41, 5.74) is -5.58. The second kappa shape index (κ2) is 6.52. The van der Waals surface area contributed by atoms with Crippen LogP contribution in [0, 0.1) is 0 Å². The molecule has 0 aromatic heterocycles. The molecule has 8 nitrogen and oxygen atoms in total. The summed E-state index contributed by atoms with van der Waals surface area (Å²) in [6.07, 6.45) is 0.503. The second-order valence-electron chi connectivity index (χ2n) is 5.27. The molecule has 0 bridgehead atoms. The van der Waals surface area contributed by atoms with Gasteiger partial charge in [0.2, 0.25) is 10.0 Å². The van der Waals surface area contributed by atoms with E-state index in [4.69, 9.17) is 0 Å². The van der Waals surface area contributed by atoms with Crippen LogP contribution in [0.3, 0.4) is 0 Å². The quantitative estimate of drug-likeness (QED) is 0.384. The highest BCUT2D eigenvalue weighted by molar-refractivity contribution is 7.91. The Morgan fingerprint density at radius 2 is 1.75 bits per heavy atom. The summed E-state index contributed by atoms with van der Waals surface area (Å²) in [6.45, 7) is 1.46. The first kappa shape index (κ1) is 20.7. The molecule has 0 atom stereocenters. The average molecular weight is 395 g/mol. The summed E-state index contributed by atoms with van der Waals surface area (Å²) in [5.74, 6) is -1.53. The van der Waals surface area contributed by atoms with Crippen molar-refractivity contribution in [3.63, 3.8) is 0 Å². The number of alkyl halides is 3. The van der Waals surface area contributed by atoms with Gasteiger partial charge in [0.15, 0.2) is 4.75 Å². The number of sulfonamides is 1. The van der Waals surface area contributed by atoms with Gasteiger partial charge in [-0.15, -0.1) is 0 Å². The lowest BCUT2D eigenvalue weighted by atomic mass is 10.2. The molecule has 1 rings (SSSR count). The van der Waals surface area contributed by atoms with Crippen molar-refractivity contribution in [2.24, 2.45) is 0 Å². The molecule has 0 radical (unpaired) electrons. The minimum absolute atomic E-state index is 0.345. The molecule has 1 aliphatic rings. The SMILES string of the molecule is COC(=O)C(C)(C)S(=O)(=O)N1CC=C(OS(=O)(=O)C(F)(F)F)CC1. The van der Waals surface area contributed by atoms with E-state index in [1.807, 2.05) is 0 Å². The highest BCUT2D eigenvalue weighted by Gasteiger charge is 2.50. The van der Waals surface area contributed by atoms with Crippen molar-refractivity contribution in [2.45, 2.75) is 30.5 Å². The third-order valence-electron chi connectivity index (χ3n) is 3.29. The molecular weight excluding hydrogens is 379 g/mol. The lowest BCUT2D eigenvalue weighted by Gasteiger charge is -2.32. The van der Waals surface area contributed by atoms with Gasteiger partial charge < -0.3 is 8.92 Å². The molecule has 0 unspecified atom stereocenters. The van der Waals surface area contributed by atoms with Crippen LogP contribution in [-0.2, 0) is 33.9 Å².